The van der Waals surface area contributed by atoms with Crippen LogP contribution in [0, 0.1) is 0 Å². The number of urea groups is 1. The van der Waals surface area contributed by atoms with Gasteiger partial charge in [-0.3, -0.25) is 5.32 Å². The molecule has 1 aromatic carbocycles. The molecule has 128 valence electrons. The molecule has 1 aliphatic rings. The van der Waals surface area contributed by atoms with Crippen molar-refractivity contribution in [3.05, 3.63) is 24.3 Å². The van der Waals surface area contributed by atoms with E-state index in [2.05, 4.69) is 0 Å². The molecule has 8 heteroatoms. The van der Waals surface area contributed by atoms with Crippen LogP contribution in [0.2, 0.25) is 0 Å². The van der Waals surface area contributed by atoms with E-state index in [0.717, 1.165) is 0 Å². The summed E-state index contributed by atoms with van der Waals surface area (Å²) in [6.07, 6.45) is -4.96. The molecule has 0 unspecified atom stereocenters. The Hall–Kier alpha value is -2.12. The van der Waals surface area contributed by atoms with Crippen LogP contribution in [0.1, 0.15) is 27.7 Å². The number of nitrogens with zero attached hydrogens (tertiary/aromatic N) is 1. The van der Waals surface area contributed by atoms with Gasteiger partial charge in [-0.2, -0.15) is 13.2 Å². The van der Waals surface area contributed by atoms with Gasteiger partial charge >= 0.3 is 18.1 Å². The second-order valence-electron chi connectivity index (χ2n) is 5.79. The Morgan fingerprint density at radius 2 is 1.52 bits per heavy atom. The Morgan fingerprint density at radius 3 is 1.87 bits per heavy atom. The number of fused-ring (bicyclic) bond motifs is 1. The van der Waals surface area contributed by atoms with Crippen molar-refractivity contribution in [2.75, 3.05) is 0 Å². The number of carbonyl (C=O) groups excluding carboxylic acids is 1. The predicted molar refractivity (Wildman–Crippen MR) is 77.1 cm³/mol. The Balaban J connectivity index is 2.31. The van der Waals surface area contributed by atoms with Crippen LogP contribution in [0.5, 0.6) is 11.5 Å². The molecule has 0 radical (unpaired) electrons. The monoisotopic (exact) mass is 332 g/mol. The van der Waals surface area contributed by atoms with E-state index in [1.54, 1.807) is 27.7 Å². The summed E-state index contributed by atoms with van der Waals surface area (Å²) in [6.45, 7) is 6.85. The Kier molecular flexibility index (Phi) is 4.37. The van der Waals surface area contributed by atoms with E-state index in [1.165, 1.54) is 29.2 Å². The number of amides is 2. The van der Waals surface area contributed by atoms with Gasteiger partial charge in [-0.1, -0.05) is 12.1 Å². The molecule has 1 N–H and O–H groups in total. The molecular weight excluding hydrogens is 313 g/mol. The van der Waals surface area contributed by atoms with E-state index in [9.17, 15) is 18.0 Å². The maximum absolute atomic E-state index is 13.5. The van der Waals surface area contributed by atoms with E-state index in [0.29, 0.717) is 0 Å². The molecule has 0 aromatic heterocycles. The number of nitrogens with one attached hydrogen (secondary N) is 1. The molecule has 2 rings (SSSR count). The minimum absolute atomic E-state index is 0.0780. The van der Waals surface area contributed by atoms with Crippen molar-refractivity contribution in [2.24, 2.45) is 0 Å². The molecule has 0 spiro atoms. The van der Waals surface area contributed by atoms with Gasteiger partial charge in [0.25, 0.3) is 0 Å². The topological polar surface area (TPSA) is 50.8 Å². The summed E-state index contributed by atoms with van der Waals surface area (Å²) in [4.78, 5) is 13.6. The minimum atomic E-state index is -4.96. The molecule has 0 bridgehead atoms. The third-order valence-corrected chi connectivity index (χ3v) is 3.35. The number of benzene rings is 1. The number of rotatable bonds is 3. The van der Waals surface area contributed by atoms with Crippen molar-refractivity contribution in [3.8, 4) is 11.5 Å². The van der Waals surface area contributed by atoms with Crippen molar-refractivity contribution >= 4 is 6.03 Å². The highest BCUT2D eigenvalue weighted by atomic mass is 19.4. The molecule has 23 heavy (non-hydrogen) atoms. The molecule has 0 saturated heterocycles. The van der Waals surface area contributed by atoms with Crippen LogP contribution in [-0.2, 0) is 0 Å². The minimum Gasteiger partial charge on any atom is -0.424 e. The van der Waals surface area contributed by atoms with Crippen molar-refractivity contribution in [1.82, 2.24) is 10.2 Å². The Labute approximate surface area is 132 Å². The van der Waals surface area contributed by atoms with Gasteiger partial charge in [-0.25, -0.2) is 4.79 Å². The van der Waals surface area contributed by atoms with Crippen molar-refractivity contribution in [3.63, 3.8) is 0 Å². The van der Waals surface area contributed by atoms with Gasteiger partial charge in [0.1, 0.15) is 0 Å². The SMILES string of the molecule is CC(C)N(C(=O)NC1(C(F)(F)F)Oc2ccccc2O1)C(C)C. The van der Waals surface area contributed by atoms with Crippen LogP contribution in [0.3, 0.4) is 0 Å². The highest BCUT2D eigenvalue weighted by Gasteiger charge is 2.66. The molecule has 5 nitrogen and oxygen atoms in total. The van der Waals surface area contributed by atoms with Crippen LogP contribution in [-0.4, -0.2) is 35.1 Å². The lowest BCUT2D eigenvalue weighted by molar-refractivity contribution is -0.318. The zero-order valence-corrected chi connectivity index (χ0v) is 13.3. The summed E-state index contributed by atoms with van der Waals surface area (Å²) in [5.41, 5.74) is 0. The number of ether oxygens (including phenoxy) is 2. The van der Waals surface area contributed by atoms with E-state index in [1.807, 2.05) is 5.32 Å². The smallest absolute Gasteiger partial charge is 0.424 e. The number of halogens is 3. The molecule has 2 amide bonds. The fraction of sp³-hybridized carbons (Fsp3) is 0.533. The van der Waals surface area contributed by atoms with Crippen LogP contribution in [0.4, 0.5) is 18.0 Å². The largest absolute Gasteiger partial charge is 0.492 e. The van der Waals surface area contributed by atoms with E-state index < -0.39 is 18.1 Å². The molecule has 1 heterocycles. The average Bonchev–Trinajstić information content (AvgIpc) is 2.76. The average molecular weight is 332 g/mol. The lowest BCUT2D eigenvalue weighted by Crippen LogP contribution is -2.67. The van der Waals surface area contributed by atoms with Crippen molar-refractivity contribution < 1.29 is 27.4 Å². The standard InChI is InChI=1S/C15H19F3N2O3/c1-9(2)20(10(3)4)13(21)19-15(14(16,17)18)22-11-7-5-6-8-12(11)23-15/h5-10H,1-4H3,(H,19,21). The van der Waals surface area contributed by atoms with Gasteiger partial charge in [0.05, 0.1) is 0 Å². The fourth-order valence-corrected chi connectivity index (χ4v) is 2.46. The maximum atomic E-state index is 13.5. The number of para-hydroxylation sites is 2. The molecule has 1 aromatic rings. The lowest BCUT2D eigenvalue weighted by Gasteiger charge is -2.35. The summed E-state index contributed by atoms with van der Waals surface area (Å²) in [5, 5.41) is 1.86. The quantitative estimate of drug-likeness (QED) is 0.922. The summed E-state index contributed by atoms with van der Waals surface area (Å²) >= 11 is 0. The third-order valence-electron chi connectivity index (χ3n) is 3.35. The second-order valence-corrected chi connectivity index (χ2v) is 5.79. The first kappa shape index (κ1) is 17.2. The van der Waals surface area contributed by atoms with Crippen LogP contribution < -0.4 is 14.8 Å². The lowest BCUT2D eigenvalue weighted by atomic mass is 10.2. The third kappa shape index (κ3) is 3.16. The summed E-state index contributed by atoms with van der Waals surface area (Å²) in [7, 11) is 0. The van der Waals surface area contributed by atoms with Gasteiger partial charge in [0.2, 0.25) is 0 Å². The van der Waals surface area contributed by atoms with Crippen molar-refractivity contribution in [1.29, 1.82) is 0 Å². The normalized spacial score (nSPS) is 15.9. The summed E-state index contributed by atoms with van der Waals surface area (Å²) in [6, 6.07) is 4.24. The number of hydrogen-bond acceptors (Lipinski definition) is 3. The van der Waals surface area contributed by atoms with Crippen molar-refractivity contribution in [2.45, 2.75) is 51.9 Å². The number of alkyl halides is 3. The first-order valence-corrected chi connectivity index (χ1v) is 7.21. The van der Waals surface area contributed by atoms with E-state index in [4.69, 9.17) is 9.47 Å². The van der Waals surface area contributed by atoms with Gasteiger partial charge in [0, 0.05) is 12.1 Å². The second kappa shape index (κ2) is 5.82. The highest BCUT2D eigenvalue weighted by Crippen LogP contribution is 2.45. The van der Waals surface area contributed by atoms with Gasteiger partial charge in [-0.05, 0) is 39.8 Å². The zero-order valence-electron chi connectivity index (χ0n) is 13.3. The van der Waals surface area contributed by atoms with Crippen LogP contribution >= 0.6 is 0 Å². The number of carbonyl (C=O) groups is 1. The first-order chi connectivity index (χ1) is 10.6. The fourth-order valence-electron chi connectivity index (χ4n) is 2.46. The zero-order chi connectivity index (χ0) is 17.4. The Morgan fingerprint density at radius 1 is 1.09 bits per heavy atom. The van der Waals surface area contributed by atoms with Crippen LogP contribution in [0.25, 0.3) is 0 Å². The van der Waals surface area contributed by atoms with Gasteiger partial charge < -0.3 is 14.4 Å². The molecule has 0 saturated carbocycles. The van der Waals surface area contributed by atoms with E-state index in [-0.39, 0.29) is 23.6 Å². The summed E-state index contributed by atoms with van der Waals surface area (Å²) < 4.78 is 50.4. The molecule has 0 atom stereocenters. The molecular formula is C15H19F3N2O3. The summed E-state index contributed by atoms with van der Waals surface area (Å²) in [5.74, 6) is -3.38. The van der Waals surface area contributed by atoms with Crippen LogP contribution in [0.15, 0.2) is 24.3 Å². The predicted octanol–water partition coefficient (Wildman–Crippen LogP) is 3.50. The molecule has 0 aliphatic carbocycles. The highest BCUT2D eigenvalue weighted by molar-refractivity contribution is 5.75. The number of hydrogen-bond donors (Lipinski definition) is 1. The molecule has 0 fully saturated rings. The van der Waals surface area contributed by atoms with Gasteiger partial charge in [0.15, 0.2) is 11.5 Å². The van der Waals surface area contributed by atoms with E-state index >= 15 is 0 Å². The maximum Gasteiger partial charge on any atom is 0.492 e. The molecule has 1 aliphatic heterocycles. The van der Waals surface area contributed by atoms with Gasteiger partial charge in [-0.15, -0.1) is 0 Å². The first-order valence-electron chi connectivity index (χ1n) is 7.21. The Bertz CT molecular complexity index is 555.